The van der Waals surface area contributed by atoms with Gasteiger partial charge in [-0.25, -0.2) is 4.98 Å². The van der Waals surface area contributed by atoms with Crippen LogP contribution < -0.4 is 10.1 Å². The summed E-state index contributed by atoms with van der Waals surface area (Å²) in [5.41, 5.74) is 4.51. The van der Waals surface area contributed by atoms with Gasteiger partial charge in [-0.15, -0.1) is 11.3 Å². The maximum Gasteiger partial charge on any atom is 0.275 e. The van der Waals surface area contributed by atoms with E-state index in [2.05, 4.69) is 10.3 Å². The Morgan fingerprint density at radius 3 is 2.44 bits per heavy atom. The fraction of sp³-hybridized carbons (Fsp3) is 0.200. The van der Waals surface area contributed by atoms with Crippen LogP contribution in [0.1, 0.15) is 32.2 Å². The van der Waals surface area contributed by atoms with Gasteiger partial charge in [0.2, 0.25) is 0 Å². The zero-order valence-electron chi connectivity index (χ0n) is 14.5. The van der Waals surface area contributed by atoms with Crippen LogP contribution in [-0.2, 0) is 6.61 Å². The number of aryl methyl sites for hydroxylation is 3. The molecule has 4 nitrogen and oxygen atoms in total. The number of anilines is 1. The van der Waals surface area contributed by atoms with Gasteiger partial charge in [0.05, 0.1) is 0 Å². The first-order valence-corrected chi connectivity index (χ1v) is 8.92. The predicted molar refractivity (Wildman–Crippen MR) is 101 cm³/mol. The number of para-hydroxylation sites is 1. The summed E-state index contributed by atoms with van der Waals surface area (Å²) >= 11 is 1.42. The molecule has 0 bridgehead atoms. The fourth-order valence-electron chi connectivity index (χ4n) is 2.45. The van der Waals surface area contributed by atoms with Gasteiger partial charge in [-0.2, -0.15) is 0 Å². The summed E-state index contributed by atoms with van der Waals surface area (Å²) < 4.78 is 5.71. The molecule has 25 heavy (non-hydrogen) atoms. The third kappa shape index (κ3) is 4.25. The molecule has 0 aliphatic carbocycles. The van der Waals surface area contributed by atoms with Crippen LogP contribution >= 0.6 is 11.3 Å². The first kappa shape index (κ1) is 17.2. The van der Waals surface area contributed by atoms with Crippen molar-refractivity contribution in [3.05, 3.63) is 75.2 Å². The Hall–Kier alpha value is -2.66. The first-order valence-electron chi connectivity index (χ1n) is 8.04. The number of rotatable bonds is 5. The van der Waals surface area contributed by atoms with E-state index in [-0.39, 0.29) is 5.91 Å². The summed E-state index contributed by atoms with van der Waals surface area (Å²) in [4.78, 5) is 16.8. The standard InChI is InChI=1S/C20H20N2O2S/c1-13-7-9-16(10-8-13)24-11-18-21-17(12-25-18)20(23)22-19-14(2)5-4-6-15(19)3/h4-10,12H,11H2,1-3H3,(H,22,23). The van der Waals surface area contributed by atoms with Crippen molar-refractivity contribution < 1.29 is 9.53 Å². The molecule has 3 rings (SSSR count). The highest BCUT2D eigenvalue weighted by atomic mass is 32.1. The van der Waals surface area contributed by atoms with Gasteiger partial charge in [0.25, 0.3) is 5.91 Å². The summed E-state index contributed by atoms with van der Waals surface area (Å²) in [6.45, 7) is 6.34. The lowest BCUT2D eigenvalue weighted by Gasteiger charge is -2.10. The average molecular weight is 352 g/mol. The van der Waals surface area contributed by atoms with E-state index in [1.54, 1.807) is 5.38 Å². The Kier molecular flexibility index (Phi) is 5.14. The second kappa shape index (κ2) is 7.49. The van der Waals surface area contributed by atoms with E-state index in [4.69, 9.17) is 4.74 Å². The monoisotopic (exact) mass is 352 g/mol. The minimum absolute atomic E-state index is 0.199. The van der Waals surface area contributed by atoms with Crippen LogP contribution in [0.2, 0.25) is 0 Å². The maximum atomic E-state index is 12.4. The lowest BCUT2D eigenvalue weighted by molar-refractivity contribution is 0.102. The molecule has 0 saturated heterocycles. The number of carbonyl (C=O) groups excluding carboxylic acids is 1. The molecular formula is C20H20N2O2S. The highest BCUT2D eigenvalue weighted by Gasteiger charge is 2.13. The third-order valence-corrected chi connectivity index (χ3v) is 4.71. The Bertz CT molecular complexity index is 865. The van der Waals surface area contributed by atoms with E-state index < -0.39 is 0 Å². The number of carbonyl (C=O) groups is 1. The molecule has 128 valence electrons. The van der Waals surface area contributed by atoms with Crippen LogP contribution in [0.25, 0.3) is 0 Å². The van der Waals surface area contributed by atoms with Crippen molar-refractivity contribution >= 4 is 22.9 Å². The Morgan fingerprint density at radius 1 is 1.08 bits per heavy atom. The van der Waals surface area contributed by atoms with Crippen molar-refractivity contribution in [3.63, 3.8) is 0 Å². The van der Waals surface area contributed by atoms with Crippen molar-refractivity contribution in [2.75, 3.05) is 5.32 Å². The van der Waals surface area contributed by atoms with Gasteiger partial charge in [0, 0.05) is 11.1 Å². The molecule has 1 heterocycles. The number of amides is 1. The SMILES string of the molecule is Cc1ccc(OCc2nc(C(=O)Nc3c(C)cccc3C)cs2)cc1. The second-order valence-corrected chi connectivity index (χ2v) is 6.89. The summed E-state index contributed by atoms with van der Waals surface area (Å²) in [5, 5.41) is 5.48. The van der Waals surface area contributed by atoms with Crippen LogP contribution in [0.15, 0.2) is 47.8 Å². The average Bonchev–Trinajstić information content (AvgIpc) is 3.07. The van der Waals surface area contributed by atoms with Crippen LogP contribution in [0.5, 0.6) is 5.75 Å². The molecule has 0 saturated carbocycles. The molecular weight excluding hydrogens is 332 g/mol. The lowest BCUT2D eigenvalue weighted by Crippen LogP contribution is -2.14. The van der Waals surface area contributed by atoms with Crippen LogP contribution in [-0.4, -0.2) is 10.9 Å². The molecule has 3 aromatic rings. The quantitative estimate of drug-likeness (QED) is 0.710. The third-order valence-electron chi connectivity index (χ3n) is 3.89. The molecule has 0 atom stereocenters. The first-order chi connectivity index (χ1) is 12.0. The van der Waals surface area contributed by atoms with Gasteiger partial charge < -0.3 is 10.1 Å². The van der Waals surface area contributed by atoms with E-state index >= 15 is 0 Å². The summed E-state index contributed by atoms with van der Waals surface area (Å²) in [7, 11) is 0. The Morgan fingerprint density at radius 2 is 1.76 bits per heavy atom. The van der Waals surface area contributed by atoms with Gasteiger partial charge in [0.1, 0.15) is 23.1 Å². The number of hydrogen-bond donors (Lipinski definition) is 1. The number of ether oxygens (including phenoxy) is 1. The van der Waals surface area contributed by atoms with Gasteiger partial charge in [-0.3, -0.25) is 4.79 Å². The summed E-state index contributed by atoms with van der Waals surface area (Å²) in [6.07, 6.45) is 0. The Labute approximate surface area is 151 Å². The van der Waals surface area contributed by atoms with Crippen molar-refractivity contribution in [1.29, 1.82) is 0 Å². The Balaban J connectivity index is 1.64. The van der Waals surface area contributed by atoms with Crippen molar-refractivity contribution in [1.82, 2.24) is 4.98 Å². The molecule has 0 aliphatic rings. The van der Waals surface area contributed by atoms with Crippen molar-refractivity contribution in [3.8, 4) is 5.75 Å². The minimum Gasteiger partial charge on any atom is -0.486 e. The second-order valence-electron chi connectivity index (χ2n) is 5.95. The van der Waals surface area contributed by atoms with Crippen molar-refractivity contribution in [2.45, 2.75) is 27.4 Å². The molecule has 0 unspecified atom stereocenters. The van der Waals surface area contributed by atoms with E-state index in [9.17, 15) is 4.79 Å². The normalized spacial score (nSPS) is 10.5. The number of benzene rings is 2. The fourth-order valence-corrected chi connectivity index (χ4v) is 3.14. The van der Waals surface area contributed by atoms with E-state index in [0.29, 0.717) is 12.3 Å². The van der Waals surface area contributed by atoms with Crippen molar-refractivity contribution in [2.24, 2.45) is 0 Å². The van der Waals surface area contributed by atoms with Gasteiger partial charge in [-0.1, -0.05) is 35.9 Å². The molecule has 5 heteroatoms. The largest absolute Gasteiger partial charge is 0.486 e. The smallest absolute Gasteiger partial charge is 0.275 e. The topological polar surface area (TPSA) is 51.2 Å². The number of nitrogens with zero attached hydrogens (tertiary/aromatic N) is 1. The van der Waals surface area contributed by atoms with Gasteiger partial charge in [-0.05, 0) is 44.0 Å². The summed E-state index contributed by atoms with van der Waals surface area (Å²) in [5.74, 6) is 0.595. The zero-order valence-corrected chi connectivity index (χ0v) is 15.3. The number of thiazole rings is 1. The number of nitrogens with one attached hydrogen (secondary N) is 1. The van der Waals surface area contributed by atoms with Crippen LogP contribution in [0.3, 0.4) is 0 Å². The molecule has 1 aromatic heterocycles. The highest BCUT2D eigenvalue weighted by Crippen LogP contribution is 2.21. The van der Waals surface area contributed by atoms with Crippen LogP contribution in [0, 0.1) is 20.8 Å². The minimum atomic E-state index is -0.199. The van der Waals surface area contributed by atoms with E-state index in [1.165, 1.54) is 16.9 Å². The van der Waals surface area contributed by atoms with E-state index in [1.807, 2.05) is 63.2 Å². The zero-order chi connectivity index (χ0) is 17.8. The van der Waals surface area contributed by atoms with Crippen LogP contribution in [0.4, 0.5) is 5.69 Å². The molecule has 1 N–H and O–H groups in total. The molecule has 0 fully saturated rings. The molecule has 1 amide bonds. The lowest BCUT2D eigenvalue weighted by atomic mass is 10.1. The molecule has 0 aliphatic heterocycles. The molecule has 2 aromatic carbocycles. The molecule has 0 spiro atoms. The van der Waals surface area contributed by atoms with Gasteiger partial charge in [0.15, 0.2) is 0 Å². The number of aromatic nitrogens is 1. The predicted octanol–water partition coefficient (Wildman–Crippen LogP) is 4.90. The highest BCUT2D eigenvalue weighted by molar-refractivity contribution is 7.09. The number of hydrogen-bond acceptors (Lipinski definition) is 4. The molecule has 0 radical (unpaired) electrons. The van der Waals surface area contributed by atoms with E-state index in [0.717, 1.165) is 27.6 Å². The summed E-state index contributed by atoms with van der Waals surface area (Å²) in [6, 6.07) is 13.8. The van der Waals surface area contributed by atoms with Gasteiger partial charge >= 0.3 is 0 Å². The maximum absolute atomic E-state index is 12.4.